The fraction of sp³-hybridized carbons (Fsp3) is 0.200. The Morgan fingerprint density at radius 2 is 2.17 bits per heavy atom. The van der Waals surface area contributed by atoms with Crippen molar-refractivity contribution in [2.45, 2.75) is 13.3 Å². The zero-order valence-corrected chi connectivity index (χ0v) is 8.28. The van der Waals surface area contributed by atoms with Crippen LogP contribution in [0.4, 0.5) is 4.39 Å². The number of fused-ring (bicyclic) bond motifs is 1. The topological polar surface area (TPSA) is 0 Å². The lowest BCUT2D eigenvalue weighted by atomic mass is 10.1. The Morgan fingerprint density at radius 3 is 2.92 bits per heavy atom. The molecule has 12 heavy (non-hydrogen) atoms. The summed E-state index contributed by atoms with van der Waals surface area (Å²) in [6.45, 7) is 2.05. The summed E-state index contributed by atoms with van der Waals surface area (Å²) in [5.74, 6) is -0.163. The van der Waals surface area contributed by atoms with Crippen molar-refractivity contribution in [1.29, 1.82) is 0 Å². The van der Waals surface area contributed by atoms with Crippen LogP contribution in [-0.4, -0.2) is 0 Å². The molecule has 0 saturated heterocycles. The first-order chi connectivity index (χ1) is 5.68. The lowest BCUT2D eigenvalue weighted by Crippen LogP contribution is -1.87. The van der Waals surface area contributed by atoms with Gasteiger partial charge >= 0.3 is 0 Å². The monoisotopic (exact) mass is 226 g/mol. The van der Waals surface area contributed by atoms with Crippen molar-refractivity contribution in [3.63, 3.8) is 0 Å². The fourth-order valence-electron chi connectivity index (χ4n) is 1.59. The van der Waals surface area contributed by atoms with Crippen LogP contribution in [0.2, 0.25) is 0 Å². The minimum absolute atomic E-state index is 0.163. The summed E-state index contributed by atoms with van der Waals surface area (Å²) in [6, 6.07) is 3.12. The Labute approximate surface area is 79.2 Å². The van der Waals surface area contributed by atoms with E-state index in [0.717, 1.165) is 22.0 Å². The van der Waals surface area contributed by atoms with Gasteiger partial charge in [0.05, 0.1) is 0 Å². The summed E-state index contributed by atoms with van der Waals surface area (Å²) < 4.78 is 13.8. The molecule has 62 valence electrons. The SMILES string of the molecule is CC1=CCc2cc(F)cc(Br)c21. The molecule has 0 atom stereocenters. The normalized spacial score (nSPS) is 14.4. The first kappa shape index (κ1) is 7.99. The predicted octanol–water partition coefficient (Wildman–Crippen LogP) is 3.55. The van der Waals surface area contributed by atoms with E-state index < -0.39 is 0 Å². The molecule has 0 unspecified atom stereocenters. The number of benzene rings is 1. The van der Waals surface area contributed by atoms with Crippen molar-refractivity contribution in [3.8, 4) is 0 Å². The lowest BCUT2D eigenvalue weighted by molar-refractivity contribution is 0.625. The largest absolute Gasteiger partial charge is 0.207 e. The first-order valence-corrected chi connectivity index (χ1v) is 4.63. The number of hydrogen-bond donors (Lipinski definition) is 0. The number of halogens is 2. The quantitative estimate of drug-likeness (QED) is 0.635. The molecule has 2 rings (SSSR count). The van der Waals surface area contributed by atoms with Crippen molar-refractivity contribution in [2.24, 2.45) is 0 Å². The van der Waals surface area contributed by atoms with E-state index in [2.05, 4.69) is 28.9 Å². The summed E-state index contributed by atoms with van der Waals surface area (Å²) in [5.41, 5.74) is 3.48. The Bertz CT molecular complexity index is 366. The van der Waals surface area contributed by atoms with Crippen LogP contribution < -0.4 is 0 Å². The smallest absolute Gasteiger partial charge is 0.124 e. The zero-order chi connectivity index (χ0) is 8.72. The molecule has 1 aromatic rings. The lowest BCUT2D eigenvalue weighted by Gasteiger charge is -2.04. The second kappa shape index (κ2) is 2.70. The summed E-state index contributed by atoms with van der Waals surface area (Å²) in [7, 11) is 0. The molecule has 1 aliphatic carbocycles. The Balaban J connectivity index is 2.67. The Morgan fingerprint density at radius 1 is 1.42 bits per heavy atom. The van der Waals surface area contributed by atoms with E-state index in [-0.39, 0.29) is 5.82 Å². The highest BCUT2D eigenvalue weighted by molar-refractivity contribution is 9.10. The average Bonchev–Trinajstić information content (AvgIpc) is 2.31. The second-order valence-corrected chi connectivity index (χ2v) is 3.87. The van der Waals surface area contributed by atoms with E-state index in [1.807, 2.05) is 0 Å². The molecular formula is C10H8BrF. The van der Waals surface area contributed by atoms with Crippen molar-refractivity contribution >= 4 is 21.5 Å². The first-order valence-electron chi connectivity index (χ1n) is 3.83. The van der Waals surface area contributed by atoms with Crippen molar-refractivity contribution < 1.29 is 4.39 Å². The number of rotatable bonds is 0. The van der Waals surface area contributed by atoms with Gasteiger partial charge in [0.2, 0.25) is 0 Å². The van der Waals surface area contributed by atoms with Crippen LogP contribution >= 0.6 is 15.9 Å². The molecule has 0 aliphatic heterocycles. The van der Waals surface area contributed by atoms with Crippen LogP contribution in [0.3, 0.4) is 0 Å². The van der Waals surface area contributed by atoms with Crippen LogP contribution in [0.15, 0.2) is 22.7 Å². The molecule has 0 N–H and O–H groups in total. The highest BCUT2D eigenvalue weighted by atomic mass is 79.9. The van der Waals surface area contributed by atoms with Gasteiger partial charge in [-0.05, 0) is 42.2 Å². The standard InChI is InChI=1S/C10H8BrF/c1-6-2-3-7-4-8(12)5-9(11)10(6)7/h2,4-5H,3H2,1H3. The summed E-state index contributed by atoms with van der Waals surface area (Å²) >= 11 is 3.36. The van der Waals surface area contributed by atoms with Crippen molar-refractivity contribution in [1.82, 2.24) is 0 Å². The highest BCUT2D eigenvalue weighted by Crippen LogP contribution is 2.33. The Hall–Kier alpha value is -0.630. The maximum absolute atomic E-state index is 12.9. The van der Waals surface area contributed by atoms with Gasteiger partial charge in [0.25, 0.3) is 0 Å². The van der Waals surface area contributed by atoms with Crippen LogP contribution in [0.1, 0.15) is 18.1 Å². The molecule has 0 bridgehead atoms. The molecule has 0 heterocycles. The predicted molar refractivity (Wildman–Crippen MR) is 51.5 cm³/mol. The van der Waals surface area contributed by atoms with Gasteiger partial charge in [0.1, 0.15) is 5.82 Å². The van der Waals surface area contributed by atoms with E-state index in [1.165, 1.54) is 11.6 Å². The number of hydrogen-bond acceptors (Lipinski definition) is 0. The molecule has 1 aliphatic rings. The molecule has 0 aromatic heterocycles. The van der Waals surface area contributed by atoms with Gasteiger partial charge in [0, 0.05) is 4.47 Å². The highest BCUT2D eigenvalue weighted by Gasteiger charge is 2.14. The van der Waals surface area contributed by atoms with Gasteiger partial charge in [-0.15, -0.1) is 0 Å². The van der Waals surface area contributed by atoms with E-state index in [0.29, 0.717) is 0 Å². The molecule has 2 heteroatoms. The van der Waals surface area contributed by atoms with Crippen LogP contribution in [0.5, 0.6) is 0 Å². The van der Waals surface area contributed by atoms with Crippen LogP contribution in [-0.2, 0) is 6.42 Å². The maximum Gasteiger partial charge on any atom is 0.124 e. The molecule has 0 radical (unpaired) electrons. The minimum atomic E-state index is -0.163. The van der Waals surface area contributed by atoms with E-state index >= 15 is 0 Å². The van der Waals surface area contributed by atoms with Gasteiger partial charge in [-0.25, -0.2) is 4.39 Å². The molecule has 0 nitrogen and oxygen atoms in total. The maximum atomic E-state index is 12.9. The third-order valence-electron chi connectivity index (χ3n) is 2.16. The molecule has 0 amide bonds. The van der Waals surface area contributed by atoms with Gasteiger partial charge in [-0.1, -0.05) is 22.0 Å². The third-order valence-corrected chi connectivity index (χ3v) is 2.78. The van der Waals surface area contributed by atoms with E-state index in [9.17, 15) is 4.39 Å². The van der Waals surface area contributed by atoms with Gasteiger partial charge < -0.3 is 0 Å². The summed E-state index contributed by atoms with van der Waals surface area (Å²) in [5, 5.41) is 0. The second-order valence-electron chi connectivity index (χ2n) is 3.01. The van der Waals surface area contributed by atoms with Crippen molar-refractivity contribution in [3.05, 3.63) is 39.6 Å². The molecule has 1 aromatic carbocycles. The molecular weight excluding hydrogens is 219 g/mol. The number of allylic oxidation sites excluding steroid dienone is 2. The summed E-state index contributed by atoms with van der Waals surface area (Å²) in [6.07, 6.45) is 2.98. The van der Waals surface area contributed by atoms with Crippen LogP contribution in [0, 0.1) is 5.82 Å². The third kappa shape index (κ3) is 1.11. The van der Waals surface area contributed by atoms with Crippen LogP contribution in [0.25, 0.3) is 5.57 Å². The summed E-state index contributed by atoms with van der Waals surface area (Å²) in [4.78, 5) is 0. The minimum Gasteiger partial charge on any atom is -0.207 e. The van der Waals surface area contributed by atoms with Gasteiger partial charge in [-0.2, -0.15) is 0 Å². The molecule has 0 saturated carbocycles. The van der Waals surface area contributed by atoms with Gasteiger partial charge in [-0.3, -0.25) is 0 Å². The fourth-order valence-corrected chi connectivity index (χ4v) is 2.38. The Kier molecular flexibility index (Phi) is 1.80. The average molecular weight is 227 g/mol. The van der Waals surface area contributed by atoms with Gasteiger partial charge in [0.15, 0.2) is 0 Å². The van der Waals surface area contributed by atoms with E-state index in [4.69, 9.17) is 0 Å². The molecule has 0 fully saturated rings. The molecule has 0 spiro atoms. The zero-order valence-electron chi connectivity index (χ0n) is 6.70. The van der Waals surface area contributed by atoms with Crippen molar-refractivity contribution in [2.75, 3.05) is 0 Å². The van der Waals surface area contributed by atoms with E-state index in [1.54, 1.807) is 6.07 Å².